The lowest BCUT2D eigenvalue weighted by Crippen LogP contribution is -2.30. The van der Waals surface area contributed by atoms with Gasteiger partial charge in [0.05, 0.1) is 12.0 Å². The van der Waals surface area contributed by atoms with Gasteiger partial charge in [0.2, 0.25) is 0 Å². The molecule has 0 bridgehead atoms. The van der Waals surface area contributed by atoms with Crippen LogP contribution in [0.3, 0.4) is 0 Å². The minimum Gasteiger partial charge on any atom is -0.453 e. The molecule has 0 radical (unpaired) electrons. The number of aryl methyl sites for hydroxylation is 1. The Morgan fingerprint density at radius 2 is 1.82 bits per heavy atom. The van der Waals surface area contributed by atoms with Gasteiger partial charge in [0.1, 0.15) is 0 Å². The van der Waals surface area contributed by atoms with Crippen LogP contribution in [0.15, 0.2) is 53.4 Å². The summed E-state index contributed by atoms with van der Waals surface area (Å²) in [4.78, 5) is 25.0. The van der Waals surface area contributed by atoms with Crippen molar-refractivity contribution in [2.75, 3.05) is 11.1 Å². The van der Waals surface area contributed by atoms with Crippen molar-refractivity contribution in [2.24, 2.45) is 0 Å². The Morgan fingerprint density at radius 1 is 1.14 bits per heavy atom. The Bertz CT molecular complexity index is 822. The van der Waals surface area contributed by atoms with Crippen molar-refractivity contribution in [2.45, 2.75) is 37.4 Å². The normalized spacial score (nSPS) is 12.3. The zero-order valence-corrected chi connectivity index (χ0v) is 16.2. The molecule has 0 aromatic heterocycles. The van der Waals surface area contributed by atoms with E-state index in [0.29, 0.717) is 5.75 Å². The van der Waals surface area contributed by atoms with Crippen molar-refractivity contribution < 1.29 is 27.5 Å². The zero-order valence-electron chi connectivity index (χ0n) is 15.4. The third-order valence-corrected chi connectivity index (χ3v) is 4.74. The second-order valence-corrected chi connectivity index (χ2v) is 7.28. The van der Waals surface area contributed by atoms with E-state index in [9.17, 15) is 22.8 Å². The highest BCUT2D eigenvalue weighted by Crippen LogP contribution is 2.30. The molecule has 0 spiro atoms. The summed E-state index contributed by atoms with van der Waals surface area (Å²) < 4.78 is 43.2. The first-order chi connectivity index (χ1) is 13.1. The van der Waals surface area contributed by atoms with Gasteiger partial charge in [-0.05, 0) is 44.2 Å². The molecule has 0 heterocycles. The maximum atomic E-state index is 12.7. The Balaban J connectivity index is 1.79. The molecule has 0 aliphatic heterocycles. The van der Waals surface area contributed by atoms with E-state index < -0.39 is 29.7 Å². The Hall–Kier alpha value is -2.48. The van der Waals surface area contributed by atoms with E-state index in [1.807, 2.05) is 31.2 Å². The average Bonchev–Trinajstić information content (AvgIpc) is 2.63. The Labute approximate surface area is 165 Å². The highest BCUT2D eigenvalue weighted by molar-refractivity contribution is 7.99. The predicted octanol–water partition coefficient (Wildman–Crippen LogP) is 5.07. The molecule has 0 saturated heterocycles. The minimum absolute atomic E-state index is 0.0161. The number of hydrogen-bond acceptors (Lipinski definition) is 4. The van der Waals surface area contributed by atoms with Gasteiger partial charge >= 0.3 is 12.1 Å². The maximum absolute atomic E-state index is 12.7. The van der Waals surface area contributed by atoms with Crippen molar-refractivity contribution >= 4 is 29.3 Å². The average molecular weight is 411 g/mol. The Morgan fingerprint density at radius 3 is 2.46 bits per heavy atom. The SMILES string of the molecule is Cc1ccc(SCCC(=O)OC(C)C(=O)Nc2cccc(C(F)(F)F)c2)cc1. The number of rotatable bonds is 7. The quantitative estimate of drug-likeness (QED) is 0.511. The van der Waals surface area contributed by atoms with Crippen LogP contribution in [0.4, 0.5) is 18.9 Å². The van der Waals surface area contributed by atoms with Crippen LogP contribution in [0, 0.1) is 6.92 Å². The second-order valence-electron chi connectivity index (χ2n) is 6.11. The number of carbonyl (C=O) groups excluding carboxylic acids is 2. The number of hydrogen-bond donors (Lipinski definition) is 1. The molecule has 2 aromatic rings. The van der Waals surface area contributed by atoms with Crippen LogP contribution in [0.25, 0.3) is 0 Å². The standard InChI is InChI=1S/C20H20F3NO3S/c1-13-6-8-17(9-7-13)28-11-10-18(25)27-14(2)19(26)24-16-5-3-4-15(12-16)20(21,22)23/h3-9,12,14H,10-11H2,1-2H3,(H,24,26). The summed E-state index contributed by atoms with van der Waals surface area (Å²) in [6, 6.07) is 12.1. The molecule has 8 heteroatoms. The second kappa shape index (κ2) is 9.64. The van der Waals surface area contributed by atoms with Gasteiger partial charge in [-0.1, -0.05) is 23.8 Å². The van der Waals surface area contributed by atoms with Crippen LogP contribution in [0.5, 0.6) is 0 Å². The lowest BCUT2D eigenvalue weighted by atomic mass is 10.2. The molecule has 0 aliphatic rings. The predicted molar refractivity (Wildman–Crippen MR) is 102 cm³/mol. The molecule has 2 aromatic carbocycles. The molecular formula is C20H20F3NO3S. The molecule has 4 nitrogen and oxygen atoms in total. The van der Waals surface area contributed by atoms with Gasteiger partial charge in [-0.2, -0.15) is 13.2 Å². The van der Waals surface area contributed by atoms with E-state index in [-0.39, 0.29) is 12.1 Å². The number of nitrogens with one attached hydrogen (secondary N) is 1. The van der Waals surface area contributed by atoms with Crippen molar-refractivity contribution in [1.29, 1.82) is 0 Å². The van der Waals surface area contributed by atoms with Crippen LogP contribution in [-0.2, 0) is 20.5 Å². The summed E-state index contributed by atoms with van der Waals surface area (Å²) in [5, 5.41) is 2.33. The van der Waals surface area contributed by atoms with Crippen molar-refractivity contribution in [3.05, 3.63) is 59.7 Å². The number of thioether (sulfide) groups is 1. The first-order valence-corrected chi connectivity index (χ1v) is 9.51. The number of halogens is 3. The molecular weight excluding hydrogens is 391 g/mol. The molecule has 1 N–H and O–H groups in total. The first-order valence-electron chi connectivity index (χ1n) is 8.52. The number of esters is 1. The van der Waals surface area contributed by atoms with E-state index in [2.05, 4.69) is 5.32 Å². The zero-order chi connectivity index (χ0) is 20.7. The molecule has 1 atom stereocenters. The minimum atomic E-state index is -4.51. The van der Waals surface area contributed by atoms with Crippen molar-refractivity contribution in [3.63, 3.8) is 0 Å². The van der Waals surface area contributed by atoms with Gasteiger partial charge in [-0.25, -0.2) is 0 Å². The highest BCUT2D eigenvalue weighted by Gasteiger charge is 2.30. The summed E-state index contributed by atoms with van der Waals surface area (Å²) >= 11 is 1.49. The number of anilines is 1. The lowest BCUT2D eigenvalue weighted by molar-refractivity contribution is -0.152. The Kier molecular flexibility index (Phi) is 7.51. The molecule has 150 valence electrons. The van der Waals surface area contributed by atoms with Gasteiger partial charge in [0, 0.05) is 16.3 Å². The van der Waals surface area contributed by atoms with Crippen LogP contribution in [-0.4, -0.2) is 23.7 Å². The summed E-state index contributed by atoms with van der Waals surface area (Å²) in [5.41, 5.74) is 0.255. The third kappa shape index (κ3) is 6.92. The number of carbonyl (C=O) groups is 2. The summed E-state index contributed by atoms with van der Waals surface area (Å²) in [7, 11) is 0. The smallest absolute Gasteiger partial charge is 0.416 e. The van der Waals surface area contributed by atoms with Crippen LogP contribution >= 0.6 is 11.8 Å². The molecule has 2 rings (SSSR count). The van der Waals surface area contributed by atoms with Crippen LogP contribution in [0.1, 0.15) is 24.5 Å². The van der Waals surface area contributed by atoms with E-state index in [4.69, 9.17) is 4.74 Å². The topological polar surface area (TPSA) is 55.4 Å². The van der Waals surface area contributed by atoms with E-state index in [1.54, 1.807) is 0 Å². The van der Waals surface area contributed by atoms with Gasteiger partial charge in [0.15, 0.2) is 6.10 Å². The van der Waals surface area contributed by atoms with Gasteiger partial charge in [-0.3, -0.25) is 9.59 Å². The fraction of sp³-hybridized carbons (Fsp3) is 0.300. The molecule has 1 unspecified atom stereocenters. The van der Waals surface area contributed by atoms with E-state index >= 15 is 0 Å². The molecule has 0 saturated carbocycles. The number of ether oxygens (including phenoxy) is 1. The molecule has 28 heavy (non-hydrogen) atoms. The monoisotopic (exact) mass is 411 g/mol. The van der Waals surface area contributed by atoms with E-state index in [1.165, 1.54) is 30.8 Å². The van der Waals surface area contributed by atoms with Crippen LogP contribution < -0.4 is 5.32 Å². The van der Waals surface area contributed by atoms with Gasteiger partial charge < -0.3 is 10.1 Å². The number of amides is 1. The van der Waals surface area contributed by atoms with E-state index in [0.717, 1.165) is 22.6 Å². The maximum Gasteiger partial charge on any atom is 0.416 e. The highest BCUT2D eigenvalue weighted by atomic mass is 32.2. The lowest BCUT2D eigenvalue weighted by Gasteiger charge is -2.14. The fourth-order valence-corrected chi connectivity index (χ4v) is 3.05. The molecule has 0 aliphatic carbocycles. The van der Waals surface area contributed by atoms with Gasteiger partial charge in [-0.15, -0.1) is 11.8 Å². The largest absolute Gasteiger partial charge is 0.453 e. The van der Waals surface area contributed by atoms with Crippen LogP contribution in [0.2, 0.25) is 0 Å². The molecule has 0 fully saturated rings. The number of benzene rings is 2. The summed E-state index contributed by atoms with van der Waals surface area (Å²) in [6.45, 7) is 3.35. The summed E-state index contributed by atoms with van der Waals surface area (Å²) in [5.74, 6) is -0.755. The number of alkyl halides is 3. The summed E-state index contributed by atoms with van der Waals surface area (Å²) in [6.07, 6.45) is -5.51. The van der Waals surface area contributed by atoms with Gasteiger partial charge in [0.25, 0.3) is 5.91 Å². The fourth-order valence-electron chi connectivity index (χ4n) is 2.21. The first kappa shape index (κ1) is 21.8. The molecule has 1 amide bonds. The third-order valence-electron chi connectivity index (χ3n) is 3.73. The van der Waals surface area contributed by atoms with Crippen molar-refractivity contribution in [3.8, 4) is 0 Å². The van der Waals surface area contributed by atoms with Crippen molar-refractivity contribution in [1.82, 2.24) is 0 Å².